The van der Waals surface area contributed by atoms with E-state index in [4.69, 9.17) is 0 Å². The molecule has 1 aromatic heterocycles. The molecule has 0 radical (unpaired) electrons. The monoisotopic (exact) mass is 431 g/mol. The smallest absolute Gasteiger partial charge is 0.342 e. The average Bonchev–Trinajstić information content (AvgIpc) is 3.30. The molecule has 0 aliphatic carbocycles. The molecular weight excluding hydrogens is 403 g/mol. The lowest BCUT2D eigenvalue weighted by Crippen LogP contribution is -2.42. The highest BCUT2D eigenvalue weighted by molar-refractivity contribution is 5.78. The minimum absolute atomic E-state index is 0.252. The van der Waals surface area contributed by atoms with Gasteiger partial charge in [-0.3, -0.25) is 14.7 Å². The topological polar surface area (TPSA) is 36.4 Å². The number of aromatic nitrogens is 1. The molecule has 2 aliphatic heterocycles. The second-order valence-corrected chi connectivity index (χ2v) is 8.60. The summed E-state index contributed by atoms with van der Waals surface area (Å²) in [6.07, 6.45) is 2.29. The maximum atomic E-state index is 12.7. The summed E-state index contributed by atoms with van der Waals surface area (Å²) in [5.74, 6) is 0.639. The maximum Gasteiger partial charge on any atom is 0.416 e. The van der Waals surface area contributed by atoms with Gasteiger partial charge in [0.2, 0.25) is 5.91 Å². The molecule has 0 saturated carbocycles. The lowest BCUT2D eigenvalue weighted by Gasteiger charge is -2.32. The fraction of sp³-hybridized carbons (Fsp3) is 0.500. The van der Waals surface area contributed by atoms with E-state index < -0.39 is 11.7 Å². The Labute approximate surface area is 181 Å². The lowest BCUT2D eigenvalue weighted by atomic mass is 9.92. The van der Waals surface area contributed by atoms with E-state index in [-0.39, 0.29) is 5.91 Å². The second kappa shape index (κ2) is 9.39. The van der Waals surface area contributed by atoms with Crippen molar-refractivity contribution in [3.63, 3.8) is 0 Å². The molecule has 2 aliphatic rings. The first-order valence-corrected chi connectivity index (χ1v) is 11.0. The van der Waals surface area contributed by atoms with Crippen molar-refractivity contribution in [3.8, 4) is 0 Å². The van der Waals surface area contributed by atoms with Crippen LogP contribution in [0.1, 0.15) is 54.0 Å². The van der Waals surface area contributed by atoms with Crippen LogP contribution in [-0.4, -0.2) is 53.4 Å². The van der Waals surface area contributed by atoms with Crippen molar-refractivity contribution in [1.82, 2.24) is 14.8 Å². The van der Waals surface area contributed by atoms with Gasteiger partial charge in [0.15, 0.2) is 0 Å². The number of piperidine rings is 1. The van der Waals surface area contributed by atoms with Gasteiger partial charge in [-0.05, 0) is 74.5 Å². The van der Waals surface area contributed by atoms with Crippen molar-refractivity contribution in [2.45, 2.75) is 44.2 Å². The third kappa shape index (κ3) is 5.64. The van der Waals surface area contributed by atoms with Gasteiger partial charge in [-0.2, -0.15) is 13.2 Å². The van der Waals surface area contributed by atoms with E-state index in [0.717, 1.165) is 80.8 Å². The highest BCUT2D eigenvalue weighted by Crippen LogP contribution is 2.30. The van der Waals surface area contributed by atoms with Crippen LogP contribution in [0.25, 0.3) is 0 Å². The van der Waals surface area contributed by atoms with E-state index in [9.17, 15) is 18.0 Å². The molecule has 166 valence electrons. The van der Waals surface area contributed by atoms with Gasteiger partial charge in [-0.1, -0.05) is 18.2 Å². The van der Waals surface area contributed by atoms with Crippen LogP contribution >= 0.6 is 0 Å². The Hall–Kier alpha value is -2.41. The molecule has 0 unspecified atom stereocenters. The molecule has 4 rings (SSSR count). The number of hydrogen-bond donors (Lipinski definition) is 0. The third-order valence-corrected chi connectivity index (χ3v) is 6.36. The van der Waals surface area contributed by atoms with Gasteiger partial charge in [0, 0.05) is 30.9 Å². The predicted molar refractivity (Wildman–Crippen MR) is 113 cm³/mol. The number of benzene rings is 1. The van der Waals surface area contributed by atoms with Gasteiger partial charge < -0.3 is 4.90 Å². The molecule has 1 amide bonds. The van der Waals surface area contributed by atoms with Gasteiger partial charge in [-0.25, -0.2) is 0 Å². The molecule has 2 fully saturated rings. The Bertz CT molecular complexity index is 866. The number of nitrogens with zero attached hydrogens (tertiary/aromatic N) is 3. The minimum Gasteiger partial charge on any atom is -0.342 e. The number of carbonyl (C=O) groups excluding carboxylic acids is 1. The normalized spacial score (nSPS) is 18.5. The number of halogens is 3. The van der Waals surface area contributed by atoms with E-state index >= 15 is 0 Å². The molecule has 0 atom stereocenters. The number of rotatable bonds is 5. The Morgan fingerprint density at radius 1 is 0.935 bits per heavy atom. The van der Waals surface area contributed by atoms with E-state index in [1.54, 1.807) is 0 Å². The summed E-state index contributed by atoms with van der Waals surface area (Å²) in [5, 5.41) is 0. The van der Waals surface area contributed by atoms with Crippen LogP contribution in [0.5, 0.6) is 0 Å². The highest BCUT2D eigenvalue weighted by atomic mass is 19.4. The van der Waals surface area contributed by atoms with E-state index in [1.807, 2.05) is 23.2 Å². The van der Waals surface area contributed by atoms with Crippen LogP contribution in [0.15, 0.2) is 42.6 Å². The predicted octanol–water partition coefficient (Wildman–Crippen LogP) is 4.49. The zero-order valence-electron chi connectivity index (χ0n) is 17.6. The maximum absolute atomic E-state index is 12.7. The molecule has 1 aromatic carbocycles. The number of hydrogen-bond acceptors (Lipinski definition) is 3. The summed E-state index contributed by atoms with van der Waals surface area (Å²) in [5.41, 5.74) is 2.25. The molecule has 0 N–H and O–H groups in total. The van der Waals surface area contributed by atoms with Crippen LogP contribution in [0.4, 0.5) is 13.2 Å². The molecular formula is C24H28F3N3O. The summed E-state index contributed by atoms with van der Waals surface area (Å²) < 4.78 is 38.1. The standard InChI is InChI=1S/C24H28F3N3O/c25-24(26,27)21-6-3-18(4-7-21)15-19-5-8-22(28-16-19)20-9-13-29(14-10-20)17-23(31)30-11-1-2-12-30/h3-8,16,20H,1-2,9-15,17H2. The molecule has 2 saturated heterocycles. The van der Waals surface area contributed by atoms with Crippen molar-refractivity contribution in [3.05, 3.63) is 65.0 Å². The Kier molecular flexibility index (Phi) is 6.60. The van der Waals surface area contributed by atoms with Crippen LogP contribution < -0.4 is 0 Å². The number of amides is 1. The van der Waals surface area contributed by atoms with E-state index in [1.165, 1.54) is 12.1 Å². The molecule has 4 nitrogen and oxygen atoms in total. The van der Waals surface area contributed by atoms with Crippen molar-refractivity contribution >= 4 is 5.91 Å². The summed E-state index contributed by atoms with van der Waals surface area (Å²) in [7, 11) is 0. The summed E-state index contributed by atoms with van der Waals surface area (Å²) >= 11 is 0. The Morgan fingerprint density at radius 2 is 1.58 bits per heavy atom. The minimum atomic E-state index is -4.31. The zero-order chi connectivity index (χ0) is 21.8. The van der Waals surface area contributed by atoms with Gasteiger partial charge in [-0.15, -0.1) is 0 Å². The Balaban J connectivity index is 1.27. The number of carbonyl (C=O) groups is 1. The Morgan fingerprint density at radius 3 is 2.16 bits per heavy atom. The molecule has 0 bridgehead atoms. The number of pyridine rings is 1. The SMILES string of the molecule is O=C(CN1CCC(c2ccc(Cc3ccc(C(F)(F)F)cc3)cn2)CC1)N1CCCC1. The quantitative estimate of drug-likeness (QED) is 0.700. The summed E-state index contributed by atoms with van der Waals surface area (Å²) in [6.45, 7) is 4.13. The van der Waals surface area contributed by atoms with Crippen LogP contribution in [-0.2, 0) is 17.4 Å². The molecule has 2 aromatic rings. The van der Waals surface area contributed by atoms with Crippen molar-refractivity contribution < 1.29 is 18.0 Å². The lowest BCUT2D eigenvalue weighted by molar-refractivity contribution is -0.137. The van der Waals surface area contributed by atoms with E-state index in [2.05, 4.69) is 9.88 Å². The fourth-order valence-electron chi connectivity index (χ4n) is 4.47. The van der Waals surface area contributed by atoms with E-state index in [0.29, 0.717) is 18.9 Å². The average molecular weight is 432 g/mol. The van der Waals surface area contributed by atoms with Crippen molar-refractivity contribution in [2.75, 3.05) is 32.7 Å². The number of alkyl halides is 3. The van der Waals surface area contributed by atoms with Gasteiger partial charge >= 0.3 is 6.18 Å². The summed E-state index contributed by atoms with van der Waals surface area (Å²) in [6, 6.07) is 9.35. The van der Waals surface area contributed by atoms with Crippen LogP contribution in [0.2, 0.25) is 0 Å². The van der Waals surface area contributed by atoms with Crippen molar-refractivity contribution in [2.24, 2.45) is 0 Å². The largest absolute Gasteiger partial charge is 0.416 e. The first-order chi connectivity index (χ1) is 14.9. The molecule has 7 heteroatoms. The molecule has 0 spiro atoms. The van der Waals surface area contributed by atoms with Gasteiger partial charge in [0.05, 0.1) is 12.1 Å². The first kappa shape index (κ1) is 21.8. The fourth-order valence-corrected chi connectivity index (χ4v) is 4.47. The van der Waals surface area contributed by atoms with Crippen molar-refractivity contribution in [1.29, 1.82) is 0 Å². The van der Waals surface area contributed by atoms with Gasteiger partial charge in [0.1, 0.15) is 0 Å². The third-order valence-electron chi connectivity index (χ3n) is 6.36. The second-order valence-electron chi connectivity index (χ2n) is 8.60. The highest BCUT2D eigenvalue weighted by Gasteiger charge is 2.30. The first-order valence-electron chi connectivity index (χ1n) is 11.0. The zero-order valence-corrected chi connectivity index (χ0v) is 17.6. The molecule has 3 heterocycles. The van der Waals surface area contributed by atoms with Crippen LogP contribution in [0, 0.1) is 0 Å². The van der Waals surface area contributed by atoms with Crippen LogP contribution in [0.3, 0.4) is 0 Å². The summed E-state index contributed by atoms with van der Waals surface area (Å²) in [4.78, 5) is 21.2. The molecule has 31 heavy (non-hydrogen) atoms. The number of likely N-dealkylation sites (tertiary alicyclic amines) is 2. The van der Waals surface area contributed by atoms with Gasteiger partial charge in [0.25, 0.3) is 0 Å².